The van der Waals surface area contributed by atoms with Crippen LogP contribution in [-0.2, 0) is 9.59 Å². The van der Waals surface area contributed by atoms with E-state index in [-0.39, 0.29) is 35.9 Å². The van der Waals surface area contributed by atoms with Crippen LogP contribution in [0.1, 0.15) is 25.3 Å². The zero-order valence-electron chi connectivity index (χ0n) is 17.0. The summed E-state index contributed by atoms with van der Waals surface area (Å²) in [6, 6.07) is 15.3. The summed E-state index contributed by atoms with van der Waals surface area (Å²) in [4.78, 5) is 44.6. The Labute approximate surface area is 187 Å². The summed E-state index contributed by atoms with van der Waals surface area (Å²) in [6.45, 7) is 1.61. The number of carbonyl (C=O) groups is 2. The largest absolute Gasteiger partial charge is 0.342 e. The maximum absolute atomic E-state index is 13.1. The normalized spacial score (nSPS) is 20.0. The van der Waals surface area contributed by atoms with E-state index < -0.39 is 0 Å². The van der Waals surface area contributed by atoms with E-state index in [1.165, 1.54) is 0 Å². The Morgan fingerprint density at radius 2 is 1.71 bits per heavy atom. The fourth-order valence-electron chi connectivity index (χ4n) is 4.78. The first-order valence-electron chi connectivity index (χ1n) is 10.6. The third-order valence-corrected chi connectivity index (χ3v) is 6.91. The molecule has 160 valence electrons. The molecule has 2 aliphatic heterocycles. The second-order valence-electron chi connectivity index (χ2n) is 8.26. The summed E-state index contributed by atoms with van der Waals surface area (Å²) in [5.41, 5.74) is 2.46. The van der Waals surface area contributed by atoms with Gasteiger partial charge in [-0.3, -0.25) is 14.2 Å². The molecule has 7 nitrogen and oxygen atoms in total. The number of H-pyrrole nitrogens is 1. The number of para-hydroxylation sites is 2. The molecule has 2 saturated heterocycles. The number of nitrogens with zero attached hydrogens (tertiary/aromatic N) is 3. The first kappa shape index (κ1) is 20.1. The van der Waals surface area contributed by atoms with Crippen LogP contribution >= 0.6 is 15.9 Å². The summed E-state index contributed by atoms with van der Waals surface area (Å²) in [5, 5.41) is 0. The molecule has 0 bridgehead atoms. The molecule has 2 amide bonds. The zero-order chi connectivity index (χ0) is 21.5. The van der Waals surface area contributed by atoms with Crippen molar-refractivity contribution in [1.29, 1.82) is 0 Å². The van der Waals surface area contributed by atoms with Gasteiger partial charge >= 0.3 is 5.69 Å². The Morgan fingerprint density at radius 3 is 2.45 bits per heavy atom. The van der Waals surface area contributed by atoms with Crippen LogP contribution in [0.2, 0.25) is 0 Å². The molecule has 0 radical (unpaired) electrons. The van der Waals surface area contributed by atoms with E-state index in [4.69, 9.17) is 0 Å². The monoisotopic (exact) mass is 482 g/mol. The number of carbonyl (C=O) groups excluding carboxylic acids is 2. The number of amides is 2. The standard InChI is InChI=1S/C23H23BrN4O3/c24-16-5-7-17(8-6-16)27-14-15(13-21(27)29)22(30)26-11-9-18(10-12-26)28-20-4-2-1-3-19(20)25-23(28)31/h1-8,15,18H,9-14H2,(H,25,31). The van der Waals surface area contributed by atoms with Crippen molar-refractivity contribution in [2.24, 2.45) is 5.92 Å². The van der Waals surface area contributed by atoms with Crippen molar-refractivity contribution in [3.8, 4) is 0 Å². The number of fused-ring (bicyclic) bond motifs is 1. The van der Waals surface area contributed by atoms with Gasteiger partial charge in [-0.05, 0) is 49.2 Å². The van der Waals surface area contributed by atoms with Gasteiger partial charge in [-0.15, -0.1) is 0 Å². The number of hydrogen-bond donors (Lipinski definition) is 1. The van der Waals surface area contributed by atoms with E-state index in [0.29, 0.717) is 19.6 Å². The summed E-state index contributed by atoms with van der Waals surface area (Å²) in [6.07, 6.45) is 1.70. The van der Waals surface area contributed by atoms with E-state index >= 15 is 0 Å². The minimum Gasteiger partial charge on any atom is -0.342 e. The van der Waals surface area contributed by atoms with Gasteiger partial charge in [0, 0.05) is 42.3 Å². The molecular weight excluding hydrogens is 460 g/mol. The van der Waals surface area contributed by atoms with E-state index in [1.807, 2.05) is 58.0 Å². The molecule has 1 aromatic heterocycles. The van der Waals surface area contributed by atoms with Gasteiger partial charge in [-0.25, -0.2) is 4.79 Å². The van der Waals surface area contributed by atoms with Crippen LogP contribution in [0.3, 0.4) is 0 Å². The van der Waals surface area contributed by atoms with Gasteiger partial charge in [0.1, 0.15) is 0 Å². The molecule has 1 atom stereocenters. The molecule has 8 heteroatoms. The lowest BCUT2D eigenvalue weighted by Crippen LogP contribution is -2.43. The van der Waals surface area contributed by atoms with Gasteiger partial charge in [-0.2, -0.15) is 0 Å². The summed E-state index contributed by atoms with van der Waals surface area (Å²) >= 11 is 3.41. The summed E-state index contributed by atoms with van der Waals surface area (Å²) in [5.74, 6) is -0.290. The highest BCUT2D eigenvalue weighted by Gasteiger charge is 2.38. The van der Waals surface area contributed by atoms with Crippen LogP contribution in [0.15, 0.2) is 57.8 Å². The molecule has 3 aromatic rings. The topological polar surface area (TPSA) is 78.4 Å². The second kappa shape index (κ2) is 8.00. The number of nitrogens with one attached hydrogen (secondary N) is 1. The number of piperidine rings is 1. The number of aromatic nitrogens is 2. The van der Waals surface area contributed by atoms with E-state index in [2.05, 4.69) is 20.9 Å². The number of anilines is 1. The average molecular weight is 483 g/mol. The van der Waals surface area contributed by atoms with Gasteiger partial charge in [0.25, 0.3) is 0 Å². The SMILES string of the molecule is O=C(C1CC(=O)N(c2ccc(Br)cc2)C1)N1CCC(n2c(=O)[nH]c3ccccc32)CC1. The molecule has 0 spiro atoms. The smallest absolute Gasteiger partial charge is 0.326 e. The third kappa shape index (κ3) is 3.69. The van der Waals surface area contributed by atoms with Crippen LogP contribution in [-0.4, -0.2) is 45.9 Å². The Hall–Kier alpha value is -2.87. The molecule has 2 aromatic carbocycles. The molecule has 2 fully saturated rings. The number of aromatic amines is 1. The third-order valence-electron chi connectivity index (χ3n) is 6.38. The van der Waals surface area contributed by atoms with Gasteiger partial charge < -0.3 is 14.8 Å². The van der Waals surface area contributed by atoms with Crippen LogP contribution in [0, 0.1) is 5.92 Å². The molecule has 1 N–H and O–H groups in total. The maximum atomic E-state index is 13.1. The molecule has 3 heterocycles. The molecular formula is C23H23BrN4O3. The second-order valence-corrected chi connectivity index (χ2v) is 9.17. The molecule has 0 aliphatic carbocycles. The molecule has 0 saturated carbocycles. The Kier molecular flexibility index (Phi) is 5.17. The predicted octanol–water partition coefficient (Wildman–Crippen LogP) is 3.31. The number of imidazole rings is 1. The lowest BCUT2D eigenvalue weighted by Gasteiger charge is -2.34. The summed E-state index contributed by atoms with van der Waals surface area (Å²) < 4.78 is 2.78. The molecule has 5 rings (SSSR count). The Balaban J connectivity index is 1.25. The van der Waals surface area contributed by atoms with E-state index in [1.54, 1.807) is 4.90 Å². The van der Waals surface area contributed by atoms with Crippen molar-refractivity contribution in [2.75, 3.05) is 24.5 Å². The lowest BCUT2D eigenvalue weighted by atomic mass is 10.0. The van der Waals surface area contributed by atoms with Crippen LogP contribution in [0.5, 0.6) is 0 Å². The maximum Gasteiger partial charge on any atom is 0.326 e. The average Bonchev–Trinajstić information content (AvgIpc) is 3.33. The Morgan fingerprint density at radius 1 is 1.00 bits per heavy atom. The van der Waals surface area contributed by atoms with Crippen molar-refractivity contribution in [3.05, 3.63) is 63.5 Å². The highest BCUT2D eigenvalue weighted by molar-refractivity contribution is 9.10. The number of rotatable bonds is 3. The number of halogens is 1. The fourth-order valence-corrected chi connectivity index (χ4v) is 5.05. The van der Waals surface area contributed by atoms with Gasteiger partial charge in [-0.1, -0.05) is 28.1 Å². The Bertz CT molecular complexity index is 1190. The van der Waals surface area contributed by atoms with E-state index in [0.717, 1.165) is 34.0 Å². The summed E-state index contributed by atoms with van der Waals surface area (Å²) in [7, 11) is 0. The molecule has 1 unspecified atom stereocenters. The van der Waals surface area contributed by atoms with Crippen molar-refractivity contribution >= 4 is 44.5 Å². The number of benzene rings is 2. The highest BCUT2D eigenvalue weighted by atomic mass is 79.9. The first-order valence-corrected chi connectivity index (χ1v) is 11.3. The minimum atomic E-state index is -0.316. The van der Waals surface area contributed by atoms with Crippen molar-refractivity contribution in [1.82, 2.24) is 14.5 Å². The van der Waals surface area contributed by atoms with Crippen molar-refractivity contribution in [3.63, 3.8) is 0 Å². The zero-order valence-corrected chi connectivity index (χ0v) is 18.5. The van der Waals surface area contributed by atoms with Crippen LogP contribution < -0.4 is 10.6 Å². The molecule has 31 heavy (non-hydrogen) atoms. The quantitative estimate of drug-likeness (QED) is 0.621. The van der Waals surface area contributed by atoms with Crippen molar-refractivity contribution in [2.45, 2.75) is 25.3 Å². The molecule has 2 aliphatic rings. The first-order chi connectivity index (χ1) is 15.0. The van der Waals surface area contributed by atoms with Gasteiger partial charge in [0.05, 0.1) is 17.0 Å². The van der Waals surface area contributed by atoms with Crippen LogP contribution in [0.4, 0.5) is 5.69 Å². The van der Waals surface area contributed by atoms with Crippen molar-refractivity contribution < 1.29 is 9.59 Å². The number of hydrogen-bond acceptors (Lipinski definition) is 3. The van der Waals surface area contributed by atoms with Gasteiger partial charge in [0.15, 0.2) is 0 Å². The van der Waals surface area contributed by atoms with E-state index in [9.17, 15) is 14.4 Å². The fraction of sp³-hybridized carbons (Fsp3) is 0.348. The minimum absolute atomic E-state index is 0.0131. The lowest BCUT2D eigenvalue weighted by molar-refractivity contribution is -0.137. The van der Waals surface area contributed by atoms with Gasteiger partial charge in [0.2, 0.25) is 11.8 Å². The number of likely N-dealkylation sites (tertiary alicyclic amines) is 1. The predicted molar refractivity (Wildman–Crippen MR) is 122 cm³/mol. The highest BCUT2D eigenvalue weighted by Crippen LogP contribution is 2.30. The van der Waals surface area contributed by atoms with Crippen LogP contribution in [0.25, 0.3) is 11.0 Å².